The molecule has 1 aliphatic carbocycles. The minimum absolute atomic E-state index is 0.0628. The number of nitrogens with zero attached hydrogens (tertiary/aromatic N) is 2. The van der Waals surface area contributed by atoms with Crippen molar-refractivity contribution in [3.05, 3.63) is 35.4 Å². The van der Waals surface area contributed by atoms with Gasteiger partial charge in [0.1, 0.15) is 0 Å². The molecule has 0 radical (unpaired) electrons. The maximum absolute atomic E-state index is 12.2. The van der Waals surface area contributed by atoms with Crippen molar-refractivity contribution >= 4 is 5.91 Å². The molecule has 3 rings (SSSR count). The molecule has 1 heterocycles. The van der Waals surface area contributed by atoms with Crippen molar-refractivity contribution in [1.29, 1.82) is 0 Å². The van der Waals surface area contributed by atoms with Gasteiger partial charge in [-0.15, -0.1) is 0 Å². The summed E-state index contributed by atoms with van der Waals surface area (Å²) in [6.45, 7) is 7.34. The van der Waals surface area contributed by atoms with Crippen LogP contribution in [-0.4, -0.2) is 53.0 Å². The van der Waals surface area contributed by atoms with Gasteiger partial charge < -0.3 is 10.0 Å². The summed E-state index contributed by atoms with van der Waals surface area (Å²) >= 11 is 0. The topological polar surface area (TPSA) is 43.8 Å². The van der Waals surface area contributed by atoms with Crippen LogP contribution in [0.3, 0.4) is 0 Å². The normalized spacial score (nSPS) is 26.1. The molecular formula is C18H26N2O2. The van der Waals surface area contributed by atoms with Gasteiger partial charge in [0.2, 0.25) is 5.91 Å². The van der Waals surface area contributed by atoms with Crippen LogP contribution in [0.1, 0.15) is 37.5 Å². The van der Waals surface area contributed by atoms with Gasteiger partial charge in [-0.2, -0.15) is 0 Å². The van der Waals surface area contributed by atoms with Crippen LogP contribution in [-0.2, 0) is 11.2 Å². The lowest BCUT2D eigenvalue weighted by atomic mass is 10.1. The van der Waals surface area contributed by atoms with Gasteiger partial charge in [-0.1, -0.05) is 38.1 Å². The molecule has 4 heteroatoms. The maximum atomic E-state index is 12.2. The highest BCUT2D eigenvalue weighted by Crippen LogP contribution is 2.34. The highest BCUT2D eigenvalue weighted by atomic mass is 16.3. The van der Waals surface area contributed by atoms with Gasteiger partial charge in [-0.05, 0) is 24.0 Å². The molecule has 1 aromatic carbocycles. The van der Waals surface area contributed by atoms with Gasteiger partial charge in [0.25, 0.3) is 0 Å². The summed E-state index contributed by atoms with van der Waals surface area (Å²) in [5, 5.41) is 10.6. The first-order valence-corrected chi connectivity index (χ1v) is 8.36. The summed E-state index contributed by atoms with van der Waals surface area (Å²) in [6.07, 6.45) is 1.50. The molecule has 0 aromatic heterocycles. The van der Waals surface area contributed by atoms with Crippen molar-refractivity contribution < 1.29 is 9.90 Å². The van der Waals surface area contributed by atoms with E-state index in [0.29, 0.717) is 0 Å². The van der Waals surface area contributed by atoms with Crippen molar-refractivity contribution in [2.45, 2.75) is 38.8 Å². The average molecular weight is 302 g/mol. The average Bonchev–Trinajstić information content (AvgIpc) is 2.71. The Labute approximate surface area is 132 Å². The number of aliphatic hydroxyl groups is 1. The van der Waals surface area contributed by atoms with Crippen molar-refractivity contribution in [3.63, 3.8) is 0 Å². The maximum Gasteiger partial charge on any atom is 0.225 e. The first-order valence-electron chi connectivity index (χ1n) is 8.36. The fraction of sp³-hybridized carbons (Fsp3) is 0.611. The van der Waals surface area contributed by atoms with Gasteiger partial charge in [0.05, 0.1) is 6.10 Å². The standard InChI is InChI=1S/C18H26N2O2/c1-13(2)18(22)20-9-5-8-19(10-11-20)16-12-14-6-3-4-7-15(14)17(16)21/h3-4,6-7,13,16-17,21H,5,8-12H2,1-2H3. The van der Waals surface area contributed by atoms with Crippen LogP contribution in [0.5, 0.6) is 0 Å². The molecule has 1 fully saturated rings. The van der Waals surface area contributed by atoms with Crippen molar-refractivity contribution in [2.24, 2.45) is 5.92 Å². The van der Waals surface area contributed by atoms with Crippen LogP contribution >= 0.6 is 0 Å². The lowest BCUT2D eigenvalue weighted by Gasteiger charge is -2.30. The molecule has 1 saturated heterocycles. The lowest BCUT2D eigenvalue weighted by Crippen LogP contribution is -2.42. The Bertz CT molecular complexity index is 544. The SMILES string of the molecule is CC(C)C(=O)N1CCCN(C2Cc3ccccc3C2O)CC1. The molecule has 1 N–H and O–H groups in total. The first-order chi connectivity index (χ1) is 10.6. The zero-order valence-electron chi connectivity index (χ0n) is 13.5. The van der Waals surface area contributed by atoms with Crippen molar-refractivity contribution in [1.82, 2.24) is 9.80 Å². The Hall–Kier alpha value is -1.39. The van der Waals surface area contributed by atoms with E-state index in [0.717, 1.165) is 44.6 Å². The fourth-order valence-electron chi connectivity index (χ4n) is 3.74. The molecule has 2 aliphatic rings. The van der Waals surface area contributed by atoms with E-state index in [-0.39, 0.29) is 17.9 Å². The van der Waals surface area contributed by atoms with Crippen LogP contribution in [0.15, 0.2) is 24.3 Å². The monoisotopic (exact) mass is 302 g/mol. The van der Waals surface area contributed by atoms with E-state index < -0.39 is 6.10 Å². The number of hydrogen-bond acceptors (Lipinski definition) is 3. The smallest absolute Gasteiger partial charge is 0.225 e. The van der Waals surface area contributed by atoms with Crippen molar-refractivity contribution in [2.75, 3.05) is 26.2 Å². The number of amides is 1. The highest BCUT2D eigenvalue weighted by molar-refractivity contribution is 5.78. The van der Waals surface area contributed by atoms with Gasteiger partial charge >= 0.3 is 0 Å². The fourth-order valence-corrected chi connectivity index (χ4v) is 3.74. The molecule has 120 valence electrons. The molecule has 1 aromatic rings. The Morgan fingerprint density at radius 1 is 1.18 bits per heavy atom. The minimum Gasteiger partial charge on any atom is -0.387 e. The second kappa shape index (κ2) is 6.39. The third-order valence-corrected chi connectivity index (χ3v) is 4.97. The van der Waals surface area contributed by atoms with Gasteiger partial charge in [-0.25, -0.2) is 0 Å². The molecule has 4 nitrogen and oxygen atoms in total. The number of aliphatic hydroxyl groups excluding tert-OH is 1. The molecule has 22 heavy (non-hydrogen) atoms. The van der Waals surface area contributed by atoms with E-state index in [1.165, 1.54) is 5.56 Å². The molecular weight excluding hydrogens is 276 g/mol. The Morgan fingerprint density at radius 2 is 1.95 bits per heavy atom. The van der Waals surface area contributed by atoms with E-state index >= 15 is 0 Å². The second-order valence-corrected chi connectivity index (χ2v) is 6.78. The number of fused-ring (bicyclic) bond motifs is 1. The van der Waals surface area contributed by atoms with Crippen LogP contribution < -0.4 is 0 Å². The van der Waals surface area contributed by atoms with Crippen LogP contribution in [0.2, 0.25) is 0 Å². The minimum atomic E-state index is -0.399. The summed E-state index contributed by atoms with van der Waals surface area (Å²) in [5.41, 5.74) is 2.34. The summed E-state index contributed by atoms with van der Waals surface area (Å²) in [6, 6.07) is 8.35. The zero-order chi connectivity index (χ0) is 15.7. The van der Waals surface area contributed by atoms with E-state index in [2.05, 4.69) is 11.0 Å². The first kappa shape index (κ1) is 15.5. The van der Waals surface area contributed by atoms with Gasteiger partial charge in [-0.3, -0.25) is 9.69 Å². The summed E-state index contributed by atoms with van der Waals surface area (Å²) in [5.74, 6) is 0.310. The summed E-state index contributed by atoms with van der Waals surface area (Å²) in [7, 11) is 0. The largest absolute Gasteiger partial charge is 0.387 e. The predicted molar refractivity (Wildman–Crippen MR) is 86.5 cm³/mol. The number of rotatable bonds is 2. The molecule has 1 amide bonds. The van der Waals surface area contributed by atoms with Crippen molar-refractivity contribution in [3.8, 4) is 0 Å². The van der Waals surface area contributed by atoms with E-state index in [4.69, 9.17) is 0 Å². The number of benzene rings is 1. The van der Waals surface area contributed by atoms with E-state index in [9.17, 15) is 9.90 Å². The summed E-state index contributed by atoms with van der Waals surface area (Å²) in [4.78, 5) is 16.5. The van der Waals surface area contributed by atoms with E-state index in [1.807, 2.05) is 36.9 Å². The number of carbonyl (C=O) groups excluding carboxylic acids is 1. The molecule has 2 atom stereocenters. The quantitative estimate of drug-likeness (QED) is 0.906. The van der Waals surface area contributed by atoms with Crippen LogP contribution in [0, 0.1) is 5.92 Å². The third kappa shape index (κ3) is 2.90. The second-order valence-electron chi connectivity index (χ2n) is 6.78. The van der Waals surface area contributed by atoms with Gasteiger partial charge in [0, 0.05) is 38.1 Å². The molecule has 1 aliphatic heterocycles. The predicted octanol–water partition coefficient (Wildman–Crippen LogP) is 1.83. The molecule has 0 bridgehead atoms. The number of carbonyl (C=O) groups is 1. The molecule has 2 unspecified atom stereocenters. The third-order valence-electron chi connectivity index (χ3n) is 4.97. The van der Waals surface area contributed by atoms with E-state index in [1.54, 1.807) is 0 Å². The Balaban J connectivity index is 1.66. The molecule has 0 saturated carbocycles. The Morgan fingerprint density at radius 3 is 2.68 bits per heavy atom. The summed E-state index contributed by atoms with van der Waals surface area (Å²) < 4.78 is 0. The zero-order valence-corrected chi connectivity index (χ0v) is 13.5. The van der Waals surface area contributed by atoms with Gasteiger partial charge in [0.15, 0.2) is 0 Å². The van der Waals surface area contributed by atoms with Crippen LogP contribution in [0.4, 0.5) is 0 Å². The lowest BCUT2D eigenvalue weighted by molar-refractivity contribution is -0.134. The number of hydrogen-bond donors (Lipinski definition) is 1. The molecule has 0 spiro atoms. The highest BCUT2D eigenvalue weighted by Gasteiger charge is 2.35. The van der Waals surface area contributed by atoms with Crippen LogP contribution in [0.25, 0.3) is 0 Å². The Kier molecular flexibility index (Phi) is 4.50.